The first-order valence-electron chi connectivity index (χ1n) is 7.29. The molecule has 0 aromatic carbocycles. The second-order valence-electron chi connectivity index (χ2n) is 5.98. The van der Waals surface area contributed by atoms with Crippen molar-refractivity contribution >= 4 is 5.91 Å². The second-order valence-corrected chi connectivity index (χ2v) is 5.98. The molecule has 1 N–H and O–H groups in total. The van der Waals surface area contributed by atoms with E-state index in [0.29, 0.717) is 26.0 Å². The summed E-state index contributed by atoms with van der Waals surface area (Å²) in [5.41, 5.74) is -1.20. The van der Waals surface area contributed by atoms with Crippen LogP contribution in [0.1, 0.15) is 59.3 Å². The number of hydrogen-bond acceptors (Lipinski definition) is 3. The Bertz CT molecular complexity index is 337. The summed E-state index contributed by atoms with van der Waals surface area (Å²) in [5, 5.41) is 12.3. The van der Waals surface area contributed by atoms with Gasteiger partial charge < -0.3 is 10.1 Å². The van der Waals surface area contributed by atoms with Gasteiger partial charge >= 0.3 is 0 Å². The number of ether oxygens (including phenoxy) is 1. The van der Waals surface area contributed by atoms with E-state index < -0.39 is 5.41 Å². The minimum Gasteiger partial charge on any atom is -0.374 e. The number of nitrogens with zero attached hydrogens (tertiary/aromatic N) is 1. The second kappa shape index (κ2) is 6.91. The molecule has 0 bridgehead atoms. The number of hydrogen-bond donors (Lipinski definition) is 1. The van der Waals surface area contributed by atoms with Crippen LogP contribution >= 0.6 is 0 Å². The van der Waals surface area contributed by atoms with Crippen molar-refractivity contribution in [3.63, 3.8) is 0 Å². The standard InChI is InChI=1S/C15H26N2O2/c1-4-19-14(2,3)12-17-13(18)15(11-16)9-7-5-6-8-10-15/h4-10,12H2,1-3H3,(H,17,18). The summed E-state index contributed by atoms with van der Waals surface area (Å²) in [5.74, 6) is -0.121. The molecule has 1 aliphatic carbocycles. The van der Waals surface area contributed by atoms with Gasteiger partial charge in [0.15, 0.2) is 0 Å². The van der Waals surface area contributed by atoms with Crippen LogP contribution in [0.5, 0.6) is 0 Å². The third-order valence-electron chi connectivity index (χ3n) is 3.82. The Balaban J connectivity index is 2.62. The van der Waals surface area contributed by atoms with Crippen LogP contribution in [-0.2, 0) is 9.53 Å². The Hall–Kier alpha value is -1.08. The van der Waals surface area contributed by atoms with Gasteiger partial charge in [0.05, 0.1) is 11.7 Å². The Labute approximate surface area is 116 Å². The van der Waals surface area contributed by atoms with Crippen molar-refractivity contribution < 1.29 is 9.53 Å². The largest absolute Gasteiger partial charge is 0.374 e. The zero-order valence-electron chi connectivity index (χ0n) is 12.4. The molecule has 0 aliphatic heterocycles. The SMILES string of the molecule is CCOC(C)(C)CNC(=O)C1(C#N)CCCCCC1. The van der Waals surface area contributed by atoms with Crippen LogP contribution in [0.3, 0.4) is 0 Å². The third-order valence-corrected chi connectivity index (χ3v) is 3.82. The fourth-order valence-electron chi connectivity index (χ4n) is 2.63. The smallest absolute Gasteiger partial charge is 0.240 e. The van der Waals surface area contributed by atoms with E-state index in [-0.39, 0.29) is 11.5 Å². The summed E-state index contributed by atoms with van der Waals surface area (Å²) < 4.78 is 5.56. The van der Waals surface area contributed by atoms with E-state index in [4.69, 9.17) is 4.74 Å². The monoisotopic (exact) mass is 266 g/mol. The zero-order chi connectivity index (χ0) is 14.4. The molecule has 0 heterocycles. The maximum Gasteiger partial charge on any atom is 0.240 e. The van der Waals surface area contributed by atoms with Crippen LogP contribution in [0, 0.1) is 16.7 Å². The van der Waals surface area contributed by atoms with Crippen LogP contribution in [0.2, 0.25) is 0 Å². The quantitative estimate of drug-likeness (QED) is 0.778. The lowest BCUT2D eigenvalue weighted by atomic mass is 9.81. The highest BCUT2D eigenvalue weighted by atomic mass is 16.5. The first-order valence-corrected chi connectivity index (χ1v) is 7.29. The Morgan fingerprint density at radius 2 is 1.89 bits per heavy atom. The fraction of sp³-hybridized carbons (Fsp3) is 0.867. The van der Waals surface area contributed by atoms with E-state index in [1.807, 2.05) is 20.8 Å². The van der Waals surface area contributed by atoms with Crippen molar-refractivity contribution in [1.29, 1.82) is 5.26 Å². The molecule has 0 aromatic heterocycles. The van der Waals surface area contributed by atoms with Crippen LogP contribution in [0.15, 0.2) is 0 Å². The van der Waals surface area contributed by atoms with Gasteiger partial charge in [-0.3, -0.25) is 4.79 Å². The first-order chi connectivity index (χ1) is 8.96. The number of nitrogens with one attached hydrogen (secondary N) is 1. The maximum absolute atomic E-state index is 12.4. The summed E-state index contributed by atoms with van der Waals surface area (Å²) >= 11 is 0. The molecule has 1 fully saturated rings. The van der Waals surface area contributed by atoms with E-state index in [9.17, 15) is 10.1 Å². The van der Waals surface area contributed by atoms with Crippen molar-refractivity contribution in [3.05, 3.63) is 0 Å². The van der Waals surface area contributed by atoms with Gasteiger partial charge in [0, 0.05) is 13.2 Å². The van der Waals surface area contributed by atoms with E-state index in [1.165, 1.54) is 0 Å². The summed E-state index contributed by atoms with van der Waals surface area (Å²) in [6.45, 7) is 6.90. The van der Waals surface area contributed by atoms with Crippen LogP contribution in [0.25, 0.3) is 0 Å². The molecule has 1 rings (SSSR count). The summed E-state index contributed by atoms with van der Waals surface area (Å²) in [7, 11) is 0. The molecular weight excluding hydrogens is 240 g/mol. The Morgan fingerprint density at radius 3 is 2.37 bits per heavy atom. The van der Waals surface area contributed by atoms with Gasteiger partial charge in [0.1, 0.15) is 5.41 Å². The zero-order valence-corrected chi connectivity index (χ0v) is 12.4. The van der Waals surface area contributed by atoms with Crippen molar-refractivity contribution in [2.45, 2.75) is 64.9 Å². The van der Waals surface area contributed by atoms with Gasteiger partial charge in [-0.1, -0.05) is 25.7 Å². The van der Waals surface area contributed by atoms with Crippen LogP contribution < -0.4 is 5.32 Å². The number of rotatable bonds is 5. The number of amides is 1. The van der Waals surface area contributed by atoms with Crippen molar-refractivity contribution in [2.75, 3.05) is 13.2 Å². The molecule has 0 aromatic rings. The molecule has 19 heavy (non-hydrogen) atoms. The molecule has 4 heteroatoms. The van der Waals surface area contributed by atoms with Gasteiger partial charge in [-0.05, 0) is 33.6 Å². The van der Waals surface area contributed by atoms with Crippen molar-refractivity contribution in [1.82, 2.24) is 5.32 Å². The molecule has 1 saturated carbocycles. The molecule has 0 saturated heterocycles. The highest BCUT2D eigenvalue weighted by molar-refractivity contribution is 5.85. The van der Waals surface area contributed by atoms with Gasteiger partial charge in [-0.15, -0.1) is 0 Å². The first kappa shape index (κ1) is 16.0. The van der Waals surface area contributed by atoms with E-state index >= 15 is 0 Å². The Morgan fingerprint density at radius 1 is 1.32 bits per heavy atom. The third kappa shape index (κ3) is 4.50. The van der Waals surface area contributed by atoms with Gasteiger partial charge in [-0.25, -0.2) is 0 Å². The molecule has 1 amide bonds. The molecule has 4 nitrogen and oxygen atoms in total. The Kier molecular flexibility index (Phi) is 5.81. The lowest BCUT2D eigenvalue weighted by Crippen LogP contribution is -2.46. The summed E-state index contributed by atoms with van der Waals surface area (Å²) in [4.78, 5) is 12.4. The molecular formula is C15H26N2O2. The van der Waals surface area contributed by atoms with Crippen LogP contribution in [-0.4, -0.2) is 24.7 Å². The average molecular weight is 266 g/mol. The van der Waals surface area contributed by atoms with E-state index in [2.05, 4.69) is 11.4 Å². The highest BCUT2D eigenvalue weighted by Gasteiger charge is 2.39. The van der Waals surface area contributed by atoms with Crippen molar-refractivity contribution in [2.24, 2.45) is 5.41 Å². The van der Waals surface area contributed by atoms with Crippen LogP contribution in [0.4, 0.5) is 0 Å². The summed E-state index contributed by atoms with van der Waals surface area (Å²) in [6.07, 6.45) is 5.56. The summed E-state index contributed by atoms with van der Waals surface area (Å²) in [6, 6.07) is 2.27. The average Bonchev–Trinajstić information content (AvgIpc) is 2.62. The minimum atomic E-state index is -0.821. The normalized spacial score (nSPS) is 19.3. The number of nitriles is 1. The molecule has 1 aliphatic rings. The predicted molar refractivity (Wildman–Crippen MR) is 74.5 cm³/mol. The number of carbonyl (C=O) groups excluding carboxylic acids is 1. The lowest BCUT2D eigenvalue weighted by molar-refractivity contribution is -0.130. The van der Waals surface area contributed by atoms with Gasteiger partial charge in [0.25, 0.3) is 0 Å². The van der Waals surface area contributed by atoms with Gasteiger partial charge in [0.2, 0.25) is 5.91 Å². The predicted octanol–water partition coefficient (Wildman–Crippen LogP) is 2.78. The fourth-order valence-corrected chi connectivity index (χ4v) is 2.63. The topological polar surface area (TPSA) is 62.1 Å². The highest BCUT2D eigenvalue weighted by Crippen LogP contribution is 2.34. The van der Waals surface area contributed by atoms with E-state index in [0.717, 1.165) is 25.7 Å². The minimum absolute atomic E-state index is 0.121. The van der Waals surface area contributed by atoms with Crippen molar-refractivity contribution in [3.8, 4) is 6.07 Å². The molecule has 0 unspecified atom stereocenters. The molecule has 0 atom stereocenters. The van der Waals surface area contributed by atoms with E-state index in [1.54, 1.807) is 0 Å². The molecule has 108 valence electrons. The maximum atomic E-state index is 12.4. The lowest BCUT2D eigenvalue weighted by Gasteiger charge is -2.29. The van der Waals surface area contributed by atoms with Gasteiger partial charge in [-0.2, -0.15) is 5.26 Å². The molecule has 0 radical (unpaired) electrons. The molecule has 0 spiro atoms. The number of carbonyl (C=O) groups is 1.